The molecule has 19 heavy (non-hydrogen) atoms. The van der Waals surface area contributed by atoms with Crippen molar-refractivity contribution in [3.8, 4) is 0 Å². The molecule has 7 nitrogen and oxygen atoms in total. The number of non-ortho nitro benzene ring substituents is 1. The molecule has 1 atom stereocenters. The van der Waals surface area contributed by atoms with Crippen LogP contribution in [0.2, 0.25) is 0 Å². The number of nitrogens with one attached hydrogen (secondary N) is 1. The molecule has 1 aromatic rings. The number of benzene rings is 1. The minimum atomic E-state index is -0.983. The molecule has 1 rings (SSSR count). The molecule has 2 N–H and O–H groups in total. The van der Waals surface area contributed by atoms with Crippen LogP contribution in [0.15, 0.2) is 24.3 Å². The summed E-state index contributed by atoms with van der Waals surface area (Å²) in [4.78, 5) is 32.0. The van der Waals surface area contributed by atoms with E-state index in [9.17, 15) is 19.7 Å². The molecule has 7 heteroatoms. The van der Waals surface area contributed by atoms with Crippen molar-refractivity contribution in [2.24, 2.45) is 0 Å². The van der Waals surface area contributed by atoms with Gasteiger partial charge in [-0.05, 0) is 12.5 Å². The Morgan fingerprint density at radius 2 is 1.95 bits per heavy atom. The number of amides is 1. The largest absolute Gasteiger partial charge is 0.481 e. The Morgan fingerprint density at radius 1 is 1.37 bits per heavy atom. The summed E-state index contributed by atoms with van der Waals surface area (Å²) in [6.07, 6.45) is -0.0893. The predicted octanol–water partition coefficient (Wildman–Crippen LogP) is 1.12. The highest BCUT2D eigenvalue weighted by Gasteiger charge is 2.12. The molecule has 0 aliphatic carbocycles. The summed E-state index contributed by atoms with van der Waals surface area (Å²) in [5, 5.41) is 21.6. The van der Waals surface area contributed by atoms with Gasteiger partial charge in [-0.3, -0.25) is 19.7 Å². The van der Waals surface area contributed by atoms with Gasteiger partial charge in [0.25, 0.3) is 5.69 Å². The SMILES string of the molecule is CC(CC(=O)O)NC(=O)Cc1ccc([N+](=O)[O-])cc1. The first-order valence-electron chi connectivity index (χ1n) is 5.63. The Bertz CT molecular complexity index is 483. The molecule has 0 aliphatic heterocycles. The second-order valence-corrected chi connectivity index (χ2v) is 4.17. The van der Waals surface area contributed by atoms with Crippen LogP contribution in [0, 0.1) is 10.1 Å². The van der Waals surface area contributed by atoms with E-state index in [0.717, 1.165) is 0 Å². The highest BCUT2D eigenvalue weighted by Crippen LogP contribution is 2.12. The molecule has 0 bridgehead atoms. The second-order valence-electron chi connectivity index (χ2n) is 4.17. The Morgan fingerprint density at radius 3 is 2.42 bits per heavy atom. The molecule has 1 unspecified atom stereocenters. The maximum absolute atomic E-state index is 11.6. The van der Waals surface area contributed by atoms with Crippen LogP contribution in [-0.2, 0) is 16.0 Å². The van der Waals surface area contributed by atoms with Crippen molar-refractivity contribution in [2.45, 2.75) is 25.8 Å². The molecule has 0 saturated carbocycles. The van der Waals surface area contributed by atoms with Crippen LogP contribution in [0.4, 0.5) is 5.69 Å². The lowest BCUT2D eigenvalue weighted by atomic mass is 10.1. The first-order valence-corrected chi connectivity index (χ1v) is 5.63. The number of carboxylic acid groups (broad SMARTS) is 1. The van der Waals surface area contributed by atoms with Gasteiger partial charge in [0.2, 0.25) is 5.91 Å². The van der Waals surface area contributed by atoms with E-state index in [-0.39, 0.29) is 24.4 Å². The van der Waals surface area contributed by atoms with Crippen molar-refractivity contribution in [2.75, 3.05) is 0 Å². The zero-order valence-electron chi connectivity index (χ0n) is 10.3. The van der Waals surface area contributed by atoms with Gasteiger partial charge in [-0.2, -0.15) is 0 Å². The number of carbonyl (C=O) groups excluding carboxylic acids is 1. The van der Waals surface area contributed by atoms with Gasteiger partial charge >= 0.3 is 5.97 Å². The lowest BCUT2D eigenvalue weighted by molar-refractivity contribution is -0.384. The number of hydrogen-bond acceptors (Lipinski definition) is 4. The smallest absolute Gasteiger partial charge is 0.305 e. The normalized spacial score (nSPS) is 11.6. The molecule has 0 fully saturated rings. The van der Waals surface area contributed by atoms with Gasteiger partial charge in [-0.25, -0.2) is 0 Å². The highest BCUT2D eigenvalue weighted by atomic mass is 16.6. The standard InChI is InChI=1S/C12H14N2O5/c1-8(6-12(16)17)13-11(15)7-9-2-4-10(5-3-9)14(18)19/h2-5,8H,6-7H2,1H3,(H,13,15)(H,16,17). The van der Waals surface area contributed by atoms with Gasteiger partial charge < -0.3 is 10.4 Å². The third kappa shape index (κ3) is 5.15. The van der Waals surface area contributed by atoms with E-state index in [1.807, 2.05) is 0 Å². The number of nitro benzene ring substituents is 1. The van der Waals surface area contributed by atoms with E-state index in [0.29, 0.717) is 5.56 Å². The average molecular weight is 266 g/mol. The number of carbonyl (C=O) groups is 2. The van der Waals surface area contributed by atoms with Crippen LogP contribution in [0.25, 0.3) is 0 Å². The quantitative estimate of drug-likeness (QED) is 0.592. The predicted molar refractivity (Wildman–Crippen MR) is 66.7 cm³/mol. The fourth-order valence-corrected chi connectivity index (χ4v) is 1.56. The lowest BCUT2D eigenvalue weighted by Gasteiger charge is -2.11. The molecule has 0 heterocycles. The minimum Gasteiger partial charge on any atom is -0.481 e. The molecule has 0 spiro atoms. The summed E-state index contributed by atoms with van der Waals surface area (Å²) in [5.41, 5.74) is 0.592. The van der Waals surface area contributed by atoms with Crippen LogP contribution in [0.3, 0.4) is 0 Å². The summed E-state index contributed by atoms with van der Waals surface area (Å²) in [5.74, 6) is -1.30. The summed E-state index contributed by atoms with van der Waals surface area (Å²) >= 11 is 0. The topological polar surface area (TPSA) is 110 Å². The summed E-state index contributed by atoms with van der Waals surface area (Å²) in [6.45, 7) is 1.60. The van der Waals surface area contributed by atoms with Crippen LogP contribution in [-0.4, -0.2) is 27.9 Å². The number of rotatable bonds is 6. The third-order valence-corrected chi connectivity index (χ3v) is 2.40. The van der Waals surface area contributed by atoms with E-state index in [1.165, 1.54) is 24.3 Å². The van der Waals surface area contributed by atoms with Crippen molar-refractivity contribution >= 4 is 17.6 Å². The Balaban J connectivity index is 2.52. The third-order valence-electron chi connectivity index (χ3n) is 2.40. The average Bonchev–Trinajstić information content (AvgIpc) is 2.27. The molecule has 0 saturated heterocycles. The zero-order valence-corrected chi connectivity index (χ0v) is 10.3. The van der Waals surface area contributed by atoms with Crippen LogP contribution in [0.5, 0.6) is 0 Å². The van der Waals surface area contributed by atoms with Gasteiger partial charge in [-0.15, -0.1) is 0 Å². The molecule has 1 amide bonds. The summed E-state index contributed by atoms with van der Waals surface area (Å²) in [6, 6.07) is 5.19. The molecule has 0 aromatic heterocycles. The Kier molecular flexibility index (Phi) is 4.99. The Hall–Kier alpha value is -2.44. The van der Waals surface area contributed by atoms with Gasteiger partial charge in [-0.1, -0.05) is 12.1 Å². The first-order chi connectivity index (χ1) is 8.88. The zero-order chi connectivity index (χ0) is 14.4. The molecule has 102 valence electrons. The van der Waals surface area contributed by atoms with E-state index >= 15 is 0 Å². The molecule has 0 radical (unpaired) electrons. The van der Waals surface area contributed by atoms with E-state index < -0.39 is 16.9 Å². The molecular weight excluding hydrogens is 252 g/mol. The minimum absolute atomic E-state index is 0.0385. The second kappa shape index (κ2) is 6.48. The van der Waals surface area contributed by atoms with E-state index in [2.05, 4.69) is 5.32 Å². The molecule has 1 aromatic carbocycles. The fourth-order valence-electron chi connectivity index (χ4n) is 1.56. The van der Waals surface area contributed by atoms with Gasteiger partial charge in [0, 0.05) is 18.2 Å². The van der Waals surface area contributed by atoms with Crippen molar-refractivity contribution in [3.63, 3.8) is 0 Å². The number of aliphatic carboxylic acids is 1. The van der Waals surface area contributed by atoms with Crippen molar-refractivity contribution in [1.82, 2.24) is 5.32 Å². The maximum Gasteiger partial charge on any atom is 0.305 e. The summed E-state index contributed by atoms with van der Waals surface area (Å²) < 4.78 is 0. The van der Waals surface area contributed by atoms with Crippen LogP contribution < -0.4 is 5.32 Å². The number of hydrogen-bond donors (Lipinski definition) is 2. The number of nitrogens with zero attached hydrogens (tertiary/aromatic N) is 1. The van der Waals surface area contributed by atoms with Crippen molar-refractivity contribution in [1.29, 1.82) is 0 Å². The molecular formula is C12H14N2O5. The van der Waals surface area contributed by atoms with E-state index in [1.54, 1.807) is 6.92 Å². The number of nitro groups is 1. The first kappa shape index (κ1) is 14.6. The van der Waals surface area contributed by atoms with Gasteiger partial charge in [0.05, 0.1) is 17.8 Å². The maximum atomic E-state index is 11.6. The van der Waals surface area contributed by atoms with Gasteiger partial charge in [0.15, 0.2) is 0 Å². The van der Waals surface area contributed by atoms with Crippen LogP contribution in [0.1, 0.15) is 18.9 Å². The van der Waals surface area contributed by atoms with Gasteiger partial charge in [0.1, 0.15) is 0 Å². The monoisotopic (exact) mass is 266 g/mol. The van der Waals surface area contributed by atoms with E-state index in [4.69, 9.17) is 5.11 Å². The van der Waals surface area contributed by atoms with Crippen molar-refractivity contribution in [3.05, 3.63) is 39.9 Å². The Labute approximate surface area is 109 Å². The molecule has 0 aliphatic rings. The van der Waals surface area contributed by atoms with Crippen molar-refractivity contribution < 1.29 is 19.6 Å². The summed E-state index contributed by atoms with van der Waals surface area (Å²) in [7, 11) is 0. The highest BCUT2D eigenvalue weighted by molar-refractivity contribution is 5.79. The number of carboxylic acids is 1. The van der Waals surface area contributed by atoms with Crippen LogP contribution >= 0.6 is 0 Å². The fraction of sp³-hybridized carbons (Fsp3) is 0.333. The lowest BCUT2D eigenvalue weighted by Crippen LogP contribution is -2.35.